The molecule has 0 unspecified atom stereocenters. The highest BCUT2D eigenvalue weighted by Crippen LogP contribution is 2.30. The van der Waals surface area contributed by atoms with Crippen LogP contribution in [0.2, 0.25) is 5.02 Å². The SMILES string of the molecule is CCOC(=O)C(N=C(c1ccccc1)c1cc(Cl)c(C)cc1OC(=O)c1ccccc1)C(=O)OCC. The van der Waals surface area contributed by atoms with Gasteiger partial charge in [-0.05, 0) is 50.6 Å². The maximum absolute atomic E-state index is 12.9. The first-order valence-corrected chi connectivity index (χ1v) is 11.8. The summed E-state index contributed by atoms with van der Waals surface area (Å²) in [6.45, 7) is 5.14. The lowest BCUT2D eigenvalue weighted by molar-refractivity contribution is -0.156. The lowest BCUT2D eigenvalue weighted by Crippen LogP contribution is -2.33. The van der Waals surface area contributed by atoms with Crippen molar-refractivity contribution in [2.75, 3.05) is 13.2 Å². The van der Waals surface area contributed by atoms with E-state index in [1.807, 2.05) is 6.07 Å². The molecule has 0 N–H and O–H groups in total. The highest BCUT2D eigenvalue weighted by molar-refractivity contribution is 6.32. The standard InChI is InChI=1S/C28H26ClNO6/c1-4-34-27(32)25(28(33)35-5-2)30-24(19-12-8-6-9-13-19)21-17-22(29)18(3)16-23(21)36-26(31)20-14-10-7-11-15-20/h6-17,25H,4-5H2,1-3H3. The van der Waals surface area contributed by atoms with Crippen LogP contribution in [-0.4, -0.2) is 42.9 Å². The van der Waals surface area contributed by atoms with Gasteiger partial charge in [-0.25, -0.2) is 14.4 Å². The van der Waals surface area contributed by atoms with E-state index in [2.05, 4.69) is 4.99 Å². The topological polar surface area (TPSA) is 91.3 Å². The fourth-order valence-corrected chi connectivity index (χ4v) is 3.49. The summed E-state index contributed by atoms with van der Waals surface area (Å²) >= 11 is 6.45. The lowest BCUT2D eigenvalue weighted by atomic mass is 9.99. The van der Waals surface area contributed by atoms with Crippen LogP contribution in [0.25, 0.3) is 0 Å². The number of aryl methyl sites for hydroxylation is 1. The van der Waals surface area contributed by atoms with Crippen molar-refractivity contribution in [1.29, 1.82) is 0 Å². The van der Waals surface area contributed by atoms with E-state index in [4.69, 9.17) is 25.8 Å². The van der Waals surface area contributed by atoms with Crippen LogP contribution in [0.5, 0.6) is 5.75 Å². The number of hydrogen-bond donors (Lipinski definition) is 0. The van der Waals surface area contributed by atoms with Crippen molar-refractivity contribution < 1.29 is 28.6 Å². The number of carbonyl (C=O) groups excluding carboxylic acids is 3. The third-order valence-electron chi connectivity index (χ3n) is 5.05. The molecular formula is C28H26ClNO6. The summed E-state index contributed by atoms with van der Waals surface area (Å²) in [4.78, 5) is 42.7. The number of carbonyl (C=O) groups is 3. The highest BCUT2D eigenvalue weighted by Gasteiger charge is 2.31. The summed E-state index contributed by atoms with van der Waals surface area (Å²) in [5.41, 5.74) is 2.10. The minimum absolute atomic E-state index is 0.0568. The van der Waals surface area contributed by atoms with Gasteiger partial charge in [-0.3, -0.25) is 4.99 Å². The molecule has 7 nitrogen and oxygen atoms in total. The number of nitrogens with zero attached hydrogens (tertiary/aromatic N) is 1. The van der Waals surface area contributed by atoms with Gasteiger partial charge in [0, 0.05) is 16.1 Å². The van der Waals surface area contributed by atoms with E-state index in [1.54, 1.807) is 87.5 Å². The fraction of sp³-hybridized carbons (Fsp3) is 0.214. The molecule has 0 spiro atoms. The van der Waals surface area contributed by atoms with Crippen LogP contribution in [0.3, 0.4) is 0 Å². The number of hydrogen-bond acceptors (Lipinski definition) is 7. The van der Waals surface area contributed by atoms with Gasteiger partial charge < -0.3 is 14.2 Å². The summed E-state index contributed by atoms with van der Waals surface area (Å²) in [7, 11) is 0. The molecule has 3 aromatic carbocycles. The van der Waals surface area contributed by atoms with Gasteiger partial charge in [0.25, 0.3) is 0 Å². The molecule has 36 heavy (non-hydrogen) atoms. The Balaban J connectivity index is 2.20. The summed E-state index contributed by atoms with van der Waals surface area (Å²) in [5.74, 6) is -2.13. The average molecular weight is 508 g/mol. The second kappa shape index (κ2) is 12.7. The first-order chi connectivity index (χ1) is 17.3. The molecule has 0 atom stereocenters. The summed E-state index contributed by atoms with van der Waals surface area (Å²) < 4.78 is 15.9. The van der Waals surface area contributed by atoms with Crippen molar-refractivity contribution in [3.8, 4) is 5.75 Å². The molecule has 0 amide bonds. The molecule has 0 aliphatic heterocycles. The number of halogens is 1. The van der Waals surface area contributed by atoms with E-state index >= 15 is 0 Å². The first-order valence-electron chi connectivity index (χ1n) is 11.4. The van der Waals surface area contributed by atoms with Crippen molar-refractivity contribution in [2.45, 2.75) is 26.8 Å². The van der Waals surface area contributed by atoms with Gasteiger partial charge in [-0.1, -0.05) is 60.1 Å². The maximum Gasteiger partial charge on any atom is 0.343 e. The van der Waals surface area contributed by atoms with E-state index in [9.17, 15) is 14.4 Å². The highest BCUT2D eigenvalue weighted by atomic mass is 35.5. The Labute approximate surface area is 214 Å². The molecular weight excluding hydrogens is 482 g/mol. The Morgan fingerprint density at radius 2 is 1.36 bits per heavy atom. The van der Waals surface area contributed by atoms with E-state index in [0.717, 1.165) is 0 Å². The third kappa shape index (κ3) is 6.58. The normalized spacial score (nSPS) is 11.2. The van der Waals surface area contributed by atoms with Gasteiger partial charge in [-0.15, -0.1) is 0 Å². The predicted molar refractivity (Wildman–Crippen MR) is 137 cm³/mol. The maximum atomic E-state index is 12.9. The van der Waals surface area contributed by atoms with Crippen LogP contribution in [0.1, 0.15) is 40.9 Å². The second-order valence-electron chi connectivity index (χ2n) is 7.60. The van der Waals surface area contributed by atoms with Crippen molar-refractivity contribution >= 4 is 35.2 Å². The van der Waals surface area contributed by atoms with E-state index in [-0.39, 0.29) is 24.7 Å². The van der Waals surface area contributed by atoms with Gasteiger partial charge in [0.2, 0.25) is 6.04 Å². The Morgan fingerprint density at radius 1 is 0.833 bits per heavy atom. The monoisotopic (exact) mass is 507 g/mol. The van der Waals surface area contributed by atoms with Crippen LogP contribution in [0.15, 0.2) is 77.8 Å². The zero-order valence-corrected chi connectivity index (χ0v) is 21.0. The zero-order chi connectivity index (χ0) is 26.1. The van der Waals surface area contributed by atoms with Crippen molar-refractivity contribution in [3.63, 3.8) is 0 Å². The quantitative estimate of drug-likeness (QED) is 0.171. The molecule has 0 aliphatic carbocycles. The molecule has 0 aliphatic rings. The molecule has 0 fully saturated rings. The first kappa shape index (κ1) is 26.6. The molecule has 0 heterocycles. The Bertz CT molecular complexity index is 1240. The number of ether oxygens (including phenoxy) is 3. The molecule has 8 heteroatoms. The summed E-state index contributed by atoms with van der Waals surface area (Å²) in [6.07, 6.45) is 0. The zero-order valence-electron chi connectivity index (χ0n) is 20.2. The lowest BCUT2D eigenvalue weighted by Gasteiger charge is -2.17. The molecule has 0 radical (unpaired) electrons. The van der Waals surface area contributed by atoms with Crippen molar-refractivity contribution in [3.05, 3.63) is 100 Å². The van der Waals surface area contributed by atoms with Gasteiger partial charge >= 0.3 is 17.9 Å². The van der Waals surface area contributed by atoms with Gasteiger partial charge in [0.15, 0.2) is 0 Å². The molecule has 0 saturated heterocycles. The van der Waals surface area contributed by atoms with Gasteiger partial charge in [0.1, 0.15) is 5.75 Å². The number of rotatable bonds is 9. The third-order valence-corrected chi connectivity index (χ3v) is 5.46. The van der Waals surface area contributed by atoms with Crippen LogP contribution in [0, 0.1) is 6.92 Å². The number of aliphatic imine (C=N–C) groups is 1. The molecule has 3 rings (SSSR count). The predicted octanol–water partition coefficient (Wildman–Crippen LogP) is 5.20. The van der Waals surface area contributed by atoms with Crippen LogP contribution in [-0.2, 0) is 19.1 Å². The van der Waals surface area contributed by atoms with Crippen molar-refractivity contribution in [1.82, 2.24) is 0 Å². The molecule has 3 aromatic rings. The van der Waals surface area contributed by atoms with Gasteiger partial charge in [0.05, 0.1) is 24.5 Å². The average Bonchev–Trinajstić information content (AvgIpc) is 2.88. The van der Waals surface area contributed by atoms with Crippen molar-refractivity contribution in [2.24, 2.45) is 4.99 Å². The van der Waals surface area contributed by atoms with Crippen LogP contribution in [0.4, 0.5) is 0 Å². The largest absolute Gasteiger partial charge is 0.464 e. The summed E-state index contributed by atoms with van der Waals surface area (Å²) in [5, 5.41) is 0.386. The van der Waals surface area contributed by atoms with Gasteiger partial charge in [-0.2, -0.15) is 0 Å². The smallest absolute Gasteiger partial charge is 0.343 e. The minimum atomic E-state index is -1.59. The Kier molecular flexibility index (Phi) is 9.36. The van der Waals surface area contributed by atoms with E-state index < -0.39 is 23.9 Å². The van der Waals surface area contributed by atoms with E-state index in [0.29, 0.717) is 27.3 Å². The second-order valence-corrected chi connectivity index (χ2v) is 8.01. The molecule has 0 saturated carbocycles. The van der Waals surface area contributed by atoms with Crippen LogP contribution < -0.4 is 4.74 Å². The van der Waals surface area contributed by atoms with Crippen LogP contribution >= 0.6 is 11.6 Å². The minimum Gasteiger partial charge on any atom is -0.464 e. The van der Waals surface area contributed by atoms with E-state index in [1.165, 1.54) is 0 Å². The summed E-state index contributed by atoms with van der Waals surface area (Å²) in [6, 6.07) is 19.0. The molecule has 0 bridgehead atoms. The Hall–Kier alpha value is -3.97. The number of esters is 3. The Morgan fingerprint density at radius 3 is 1.89 bits per heavy atom. The number of benzene rings is 3. The molecule has 186 valence electrons. The fourth-order valence-electron chi connectivity index (χ4n) is 3.33. The molecule has 0 aromatic heterocycles.